The molecule has 1 unspecified atom stereocenters. The largest absolute Gasteiger partial charge is 0.485 e. The summed E-state index contributed by atoms with van der Waals surface area (Å²) in [6, 6.07) is 16.5. The molecule has 2 aromatic carbocycles. The molecule has 0 bridgehead atoms. The second kappa shape index (κ2) is 7.85. The fourth-order valence-electron chi connectivity index (χ4n) is 2.73. The summed E-state index contributed by atoms with van der Waals surface area (Å²) in [5, 5.41) is 14.8. The number of fused-ring (bicyclic) bond motifs is 1. The number of para-hydroxylation sites is 2. The average molecular weight is 393 g/mol. The van der Waals surface area contributed by atoms with E-state index in [9.17, 15) is 14.9 Å². The molecule has 1 aliphatic rings. The number of carbonyl (C=O) groups excluding carboxylic acids is 1. The lowest BCUT2D eigenvalue weighted by molar-refractivity contribution is -0.384. The molecule has 0 aliphatic carbocycles. The molecule has 1 atom stereocenters. The van der Waals surface area contributed by atoms with Gasteiger partial charge in [-0.25, -0.2) is 5.43 Å². The standard InChI is InChI=1S/C20H15N3O6/c24-20(19-12-27-17-6-1-2-7-18(17)29-19)22-21-11-15-8-9-16(28-15)13-4-3-5-14(10-13)23(25)26/h1-11,19H,12H2,(H,22,24)/b21-11+. The van der Waals surface area contributed by atoms with E-state index in [0.717, 1.165) is 0 Å². The van der Waals surface area contributed by atoms with Gasteiger partial charge < -0.3 is 13.9 Å². The lowest BCUT2D eigenvalue weighted by Gasteiger charge is -2.24. The van der Waals surface area contributed by atoms with Crippen molar-refractivity contribution in [3.05, 3.63) is 76.5 Å². The van der Waals surface area contributed by atoms with Gasteiger partial charge in [-0.1, -0.05) is 24.3 Å². The number of nitrogens with one attached hydrogen (secondary N) is 1. The second-order valence-corrected chi connectivity index (χ2v) is 6.11. The van der Waals surface area contributed by atoms with Crippen LogP contribution in [0.4, 0.5) is 5.69 Å². The number of rotatable bonds is 5. The summed E-state index contributed by atoms with van der Waals surface area (Å²) >= 11 is 0. The number of hydrogen-bond donors (Lipinski definition) is 1. The molecule has 0 radical (unpaired) electrons. The molecule has 1 aromatic heterocycles. The molecular formula is C20H15N3O6. The number of furan rings is 1. The Morgan fingerprint density at radius 1 is 1.14 bits per heavy atom. The van der Waals surface area contributed by atoms with Crippen LogP contribution in [0, 0.1) is 10.1 Å². The highest BCUT2D eigenvalue weighted by molar-refractivity contribution is 5.84. The highest BCUT2D eigenvalue weighted by atomic mass is 16.6. The first-order valence-corrected chi connectivity index (χ1v) is 8.66. The highest BCUT2D eigenvalue weighted by Gasteiger charge is 2.27. The molecule has 0 saturated heterocycles. The number of nitro groups is 1. The van der Waals surface area contributed by atoms with Crippen molar-refractivity contribution >= 4 is 17.8 Å². The minimum atomic E-state index is -0.820. The molecule has 29 heavy (non-hydrogen) atoms. The van der Waals surface area contributed by atoms with Crippen LogP contribution in [0.3, 0.4) is 0 Å². The summed E-state index contributed by atoms with van der Waals surface area (Å²) in [7, 11) is 0. The molecule has 146 valence electrons. The third kappa shape index (κ3) is 4.08. The summed E-state index contributed by atoms with van der Waals surface area (Å²) in [4.78, 5) is 22.6. The molecule has 4 rings (SSSR count). The molecule has 3 aromatic rings. The third-order valence-electron chi connectivity index (χ3n) is 4.14. The third-order valence-corrected chi connectivity index (χ3v) is 4.14. The SMILES string of the molecule is O=C(N/N=C/c1ccc(-c2cccc([N+](=O)[O-])c2)o1)C1COc2ccccc2O1. The molecule has 1 aliphatic heterocycles. The van der Waals surface area contributed by atoms with Crippen LogP contribution >= 0.6 is 0 Å². The number of benzene rings is 2. The van der Waals surface area contributed by atoms with E-state index in [1.807, 2.05) is 6.07 Å². The summed E-state index contributed by atoms with van der Waals surface area (Å²) in [6.45, 7) is 0.0794. The number of hydrogen-bond acceptors (Lipinski definition) is 7. The Hall–Kier alpha value is -4.14. The van der Waals surface area contributed by atoms with Gasteiger partial charge in [0, 0.05) is 17.7 Å². The summed E-state index contributed by atoms with van der Waals surface area (Å²) in [5.74, 6) is 1.45. The predicted octanol–water partition coefficient (Wildman–Crippen LogP) is 3.14. The van der Waals surface area contributed by atoms with Gasteiger partial charge >= 0.3 is 0 Å². The van der Waals surface area contributed by atoms with E-state index in [4.69, 9.17) is 13.9 Å². The van der Waals surface area contributed by atoms with Crippen molar-refractivity contribution in [3.63, 3.8) is 0 Å². The second-order valence-electron chi connectivity index (χ2n) is 6.11. The normalized spacial score (nSPS) is 15.2. The number of carbonyl (C=O) groups is 1. The van der Waals surface area contributed by atoms with E-state index in [1.165, 1.54) is 18.3 Å². The quantitative estimate of drug-likeness (QED) is 0.404. The zero-order valence-corrected chi connectivity index (χ0v) is 15.0. The number of ether oxygens (including phenoxy) is 2. The van der Waals surface area contributed by atoms with Crippen molar-refractivity contribution in [1.82, 2.24) is 5.43 Å². The topological polar surface area (TPSA) is 116 Å². The number of nitro benzene ring substituents is 1. The lowest BCUT2D eigenvalue weighted by Crippen LogP contribution is -2.42. The Morgan fingerprint density at radius 2 is 1.97 bits per heavy atom. The number of hydrazone groups is 1. The van der Waals surface area contributed by atoms with Crippen LogP contribution < -0.4 is 14.9 Å². The molecule has 0 saturated carbocycles. The van der Waals surface area contributed by atoms with Gasteiger partial charge in [0.15, 0.2) is 11.5 Å². The number of amides is 1. The monoisotopic (exact) mass is 393 g/mol. The molecule has 9 nitrogen and oxygen atoms in total. The minimum Gasteiger partial charge on any atom is -0.485 e. The van der Waals surface area contributed by atoms with Crippen molar-refractivity contribution in [2.45, 2.75) is 6.10 Å². The van der Waals surface area contributed by atoms with Crippen LogP contribution in [0.5, 0.6) is 11.5 Å². The van der Waals surface area contributed by atoms with Gasteiger partial charge in [-0.3, -0.25) is 14.9 Å². The van der Waals surface area contributed by atoms with Gasteiger partial charge in [0.2, 0.25) is 6.10 Å². The van der Waals surface area contributed by atoms with Crippen LogP contribution in [0.25, 0.3) is 11.3 Å². The first kappa shape index (κ1) is 18.2. The van der Waals surface area contributed by atoms with Gasteiger partial charge in [0.05, 0.1) is 11.1 Å². The minimum absolute atomic E-state index is 0.0299. The highest BCUT2D eigenvalue weighted by Crippen LogP contribution is 2.30. The van der Waals surface area contributed by atoms with Crippen molar-refractivity contribution in [3.8, 4) is 22.8 Å². The van der Waals surface area contributed by atoms with Crippen molar-refractivity contribution in [1.29, 1.82) is 0 Å². The van der Waals surface area contributed by atoms with E-state index >= 15 is 0 Å². The van der Waals surface area contributed by atoms with Gasteiger partial charge in [-0.05, 0) is 24.3 Å². The first-order chi connectivity index (χ1) is 14.1. The van der Waals surface area contributed by atoms with E-state index in [1.54, 1.807) is 42.5 Å². The van der Waals surface area contributed by atoms with E-state index in [-0.39, 0.29) is 12.3 Å². The Kier molecular flexibility index (Phi) is 4.93. The average Bonchev–Trinajstić information content (AvgIpc) is 3.22. The number of non-ortho nitro benzene ring substituents is 1. The Balaban J connectivity index is 1.37. The Bertz CT molecular complexity index is 1090. The molecule has 0 fully saturated rings. The fourth-order valence-corrected chi connectivity index (χ4v) is 2.73. The maximum atomic E-state index is 12.2. The van der Waals surface area contributed by atoms with E-state index < -0.39 is 16.9 Å². The molecule has 9 heteroatoms. The smallest absolute Gasteiger partial charge is 0.284 e. The van der Waals surface area contributed by atoms with Crippen molar-refractivity contribution in [2.24, 2.45) is 5.10 Å². The Labute approximate surface area is 164 Å². The molecule has 1 N–H and O–H groups in total. The zero-order chi connectivity index (χ0) is 20.2. The Morgan fingerprint density at radius 3 is 2.79 bits per heavy atom. The molecular weight excluding hydrogens is 378 g/mol. The van der Waals surface area contributed by atoms with Crippen molar-refractivity contribution < 1.29 is 23.6 Å². The molecule has 0 spiro atoms. The van der Waals surface area contributed by atoms with Crippen LogP contribution in [0.2, 0.25) is 0 Å². The van der Waals surface area contributed by atoms with Crippen LogP contribution in [-0.2, 0) is 4.79 Å². The van der Waals surface area contributed by atoms with Crippen LogP contribution in [0.15, 0.2) is 70.2 Å². The summed E-state index contributed by atoms with van der Waals surface area (Å²) in [5.41, 5.74) is 2.92. The van der Waals surface area contributed by atoms with Crippen LogP contribution in [0.1, 0.15) is 5.76 Å². The van der Waals surface area contributed by atoms with Gasteiger partial charge in [-0.2, -0.15) is 5.10 Å². The maximum Gasteiger partial charge on any atom is 0.284 e. The van der Waals surface area contributed by atoms with Crippen LogP contribution in [-0.4, -0.2) is 29.8 Å². The lowest BCUT2D eigenvalue weighted by atomic mass is 10.1. The van der Waals surface area contributed by atoms with Gasteiger partial charge in [0.25, 0.3) is 11.6 Å². The summed E-state index contributed by atoms with van der Waals surface area (Å²) < 4.78 is 16.7. The van der Waals surface area contributed by atoms with Gasteiger partial charge in [-0.15, -0.1) is 0 Å². The zero-order valence-electron chi connectivity index (χ0n) is 15.0. The molecule has 2 heterocycles. The fraction of sp³-hybridized carbons (Fsp3) is 0.100. The predicted molar refractivity (Wildman–Crippen MR) is 103 cm³/mol. The first-order valence-electron chi connectivity index (χ1n) is 8.66. The van der Waals surface area contributed by atoms with E-state index in [2.05, 4.69) is 10.5 Å². The maximum absolute atomic E-state index is 12.2. The van der Waals surface area contributed by atoms with Gasteiger partial charge in [0.1, 0.15) is 18.1 Å². The van der Waals surface area contributed by atoms with E-state index in [0.29, 0.717) is 28.6 Å². The summed E-state index contributed by atoms with van der Waals surface area (Å²) in [6.07, 6.45) is 0.509. The van der Waals surface area contributed by atoms with Crippen molar-refractivity contribution in [2.75, 3.05) is 6.61 Å². The number of nitrogens with zero attached hydrogens (tertiary/aromatic N) is 2. The molecule has 1 amide bonds.